The fraction of sp³-hybridized carbons (Fsp3) is 0.348. The summed E-state index contributed by atoms with van der Waals surface area (Å²) in [5.41, 5.74) is 7.49. The summed E-state index contributed by atoms with van der Waals surface area (Å²) >= 11 is 0. The van der Waals surface area contributed by atoms with Gasteiger partial charge in [-0.15, -0.1) is 5.10 Å². The van der Waals surface area contributed by atoms with E-state index in [-0.39, 0.29) is 18.2 Å². The fourth-order valence-corrected chi connectivity index (χ4v) is 4.14. The summed E-state index contributed by atoms with van der Waals surface area (Å²) in [7, 11) is 1.68. The third-order valence-electron chi connectivity index (χ3n) is 6.07. The maximum Gasteiger partial charge on any atom is 0.242 e. The molecule has 2 aromatic heterocycles. The number of aromatic nitrogens is 3. The van der Waals surface area contributed by atoms with E-state index in [1.54, 1.807) is 32.3 Å². The molecular formula is C23H22FN5O3. The van der Waals surface area contributed by atoms with Gasteiger partial charge in [0.05, 0.1) is 5.56 Å². The van der Waals surface area contributed by atoms with Crippen LogP contribution in [-0.4, -0.2) is 27.0 Å². The zero-order valence-electron chi connectivity index (χ0n) is 17.8. The number of fused-ring (bicyclic) bond motifs is 5. The molecule has 0 radical (unpaired) electrons. The molecule has 9 heteroatoms. The predicted molar refractivity (Wildman–Crippen MR) is 114 cm³/mol. The average molecular weight is 435 g/mol. The highest BCUT2D eigenvalue weighted by Gasteiger charge is 2.42. The van der Waals surface area contributed by atoms with Crippen LogP contribution in [0.4, 0.5) is 10.2 Å². The van der Waals surface area contributed by atoms with Crippen LogP contribution in [0.1, 0.15) is 43.5 Å². The van der Waals surface area contributed by atoms with Crippen LogP contribution in [0.3, 0.4) is 0 Å². The molecule has 1 fully saturated rings. The van der Waals surface area contributed by atoms with Crippen molar-refractivity contribution in [1.82, 2.24) is 14.8 Å². The highest BCUT2D eigenvalue weighted by Crippen LogP contribution is 2.43. The van der Waals surface area contributed by atoms with Gasteiger partial charge in [0.15, 0.2) is 11.6 Å². The normalized spacial score (nSPS) is 18.8. The number of nitrogens with two attached hydrogens (primary N) is 1. The first-order chi connectivity index (χ1) is 15.4. The third-order valence-corrected chi connectivity index (χ3v) is 6.07. The van der Waals surface area contributed by atoms with E-state index < -0.39 is 11.7 Å². The number of pyridine rings is 1. The number of nitrogens with zero attached hydrogens (tertiary/aromatic N) is 4. The van der Waals surface area contributed by atoms with E-state index in [1.165, 1.54) is 16.8 Å². The fourth-order valence-electron chi connectivity index (χ4n) is 4.14. The molecule has 1 atom stereocenters. The first kappa shape index (κ1) is 20.1. The van der Waals surface area contributed by atoms with Gasteiger partial charge >= 0.3 is 0 Å². The Morgan fingerprint density at radius 2 is 2.09 bits per heavy atom. The molecule has 8 nitrogen and oxygen atoms in total. The molecule has 3 aromatic rings. The highest BCUT2D eigenvalue weighted by atomic mass is 19.1. The lowest BCUT2D eigenvalue weighted by molar-refractivity contribution is -0.0461. The van der Waals surface area contributed by atoms with Crippen LogP contribution < -0.4 is 19.9 Å². The van der Waals surface area contributed by atoms with E-state index in [4.69, 9.17) is 19.9 Å². The smallest absolute Gasteiger partial charge is 0.242 e. The largest absolute Gasteiger partial charge is 0.483 e. The SMILES string of the molecule is C[C@H]1Oc2cc(cnc2N)-c2c(nn(C)c2C#N)OCC2(CCC2)Oc2ccc(F)cc21. The number of halogens is 1. The van der Waals surface area contributed by atoms with Crippen molar-refractivity contribution < 1.29 is 18.6 Å². The second kappa shape index (κ2) is 7.41. The van der Waals surface area contributed by atoms with Crippen molar-refractivity contribution in [3.8, 4) is 34.6 Å². The van der Waals surface area contributed by atoms with Crippen LogP contribution in [0.25, 0.3) is 11.1 Å². The minimum atomic E-state index is -0.572. The van der Waals surface area contributed by atoms with Crippen molar-refractivity contribution >= 4 is 5.82 Å². The van der Waals surface area contributed by atoms with Crippen LogP contribution in [0.15, 0.2) is 30.5 Å². The maximum absolute atomic E-state index is 14.1. The zero-order chi connectivity index (χ0) is 22.5. The summed E-state index contributed by atoms with van der Waals surface area (Å²) in [6, 6.07) is 8.26. The third kappa shape index (κ3) is 3.28. The van der Waals surface area contributed by atoms with Gasteiger partial charge in [-0.1, -0.05) is 0 Å². The highest BCUT2D eigenvalue weighted by molar-refractivity contribution is 5.75. The van der Waals surface area contributed by atoms with E-state index in [0.717, 1.165) is 19.3 Å². The molecule has 1 aliphatic heterocycles. The van der Waals surface area contributed by atoms with Gasteiger partial charge in [0.2, 0.25) is 5.88 Å². The first-order valence-electron chi connectivity index (χ1n) is 10.4. The molecule has 164 valence electrons. The first-order valence-corrected chi connectivity index (χ1v) is 10.4. The lowest BCUT2D eigenvalue weighted by Crippen LogP contribution is -2.48. The summed E-state index contributed by atoms with van der Waals surface area (Å²) in [6.45, 7) is 2.04. The minimum Gasteiger partial charge on any atom is -0.483 e. The van der Waals surface area contributed by atoms with Gasteiger partial charge in [0.1, 0.15) is 41.6 Å². The average Bonchev–Trinajstić information content (AvgIpc) is 3.07. The Balaban J connectivity index is 1.69. The van der Waals surface area contributed by atoms with Gasteiger partial charge in [0.25, 0.3) is 0 Å². The summed E-state index contributed by atoms with van der Waals surface area (Å²) in [6.07, 6.45) is 3.55. The van der Waals surface area contributed by atoms with Gasteiger partial charge in [-0.3, -0.25) is 4.68 Å². The van der Waals surface area contributed by atoms with Crippen molar-refractivity contribution in [2.75, 3.05) is 12.3 Å². The van der Waals surface area contributed by atoms with Gasteiger partial charge < -0.3 is 19.9 Å². The lowest BCUT2D eigenvalue weighted by atomic mass is 9.80. The second-order valence-corrected chi connectivity index (χ2v) is 8.24. The molecule has 0 unspecified atom stereocenters. The summed E-state index contributed by atoms with van der Waals surface area (Å²) < 4.78 is 34.2. The molecule has 1 aliphatic carbocycles. The Bertz CT molecular complexity index is 1250. The Kier molecular flexibility index (Phi) is 4.66. The molecule has 1 saturated carbocycles. The number of benzene rings is 1. The van der Waals surface area contributed by atoms with Crippen LogP contribution in [0.2, 0.25) is 0 Å². The zero-order valence-corrected chi connectivity index (χ0v) is 17.8. The number of nitriles is 1. The summed E-state index contributed by atoms with van der Waals surface area (Å²) in [4.78, 5) is 4.25. The number of ether oxygens (including phenoxy) is 3. The Labute approximate surface area is 184 Å². The molecule has 1 aromatic carbocycles. The number of hydrogen-bond donors (Lipinski definition) is 1. The molecule has 2 aliphatic rings. The van der Waals surface area contributed by atoms with E-state index >= 15 is 0 Å². The molecule has 32 heavy (non-hydrogen) atoms. The van der Waals surface area contributed by atoms with Crippen LogP contribution in [0, 0.1) is 17.1 Å². The van der Waals surface area contributed by atoms with Gasteiger partial charge in [0, 0.05) is 24.4 Å². The van der Waals surface area contributed by atoms with E-state index in [0.29, 0.717) is 39.8 Å². The monoisotopic (exact) mass is 435 g/mol. The van der Waals surface area contributed by atoms with Gasteiger partial charge in [-0.2, -0.15) is 5.26 Å². The van der Waals surface area contributed by atoms with Crippen molar-refractivity contribution in [1.29, 1.82) is 5.26 Å². The molecule has 5 rings (SSSR count). The van der Waals surface area contributed by atoms with Crippen molar-refractivity contribution in [2.24, 2.45) is 7.05 Å². The predicted octanol–water partition coefficient (Wildman–Crippen LogP) is 3.91. The number of anilines is 1. The second-order valence-electron chi connectivity index (χ2n) is 8.24. The minimum absolute atomic E-state index is 0.176. The number of aryl methyl sites for hydroxylation is 1. The molecule has 1 spiro atoms. The van der Waals surface area contributed by atoms with Crippen molar-refractivity contribution in [2.45, 2.75) is 37.9 Å². The van der Waals surface area contributed by atoms with E-state index in [2.05, 4.69) is 16.2 Å². The van der Waals surface area contributed by atoms with E-state index in [9.17, 15) is 9.65 Å². The Hall–Kier alpha value is -3.80. The standard InChI is InChI=1S/C23H22FN5O3/c1-13-16-9-15(24)4-5-18(16)32-23(6-3-7-23)12-30-22-20(17(10-25)29(2)28-22)14-8-19(31-13)21(26)27-11-14/h4-5,8-9,11,13H,3,6-7,12H2,1-2H3,(H2,26,27)/t13-/m1/s1. The number of nitrogen functional groups attached to an aromatic ring is 1. The van der Waals surface area contributed by atoms with Crippen LogP contribution in [0.5, 0.6) is 17.4 Å². The molecule has 3 heterocycles. The molecule has 2 bridgehead atoms. The molecule has 2 N–H and O–H groups in total. The quantitative estimate of drug-likeness (QED) is 0.570. The number of rotatable bonds is 0. The van der Waals surface area contributed by atoms with Crippen LogP contribution >= 0.6 is 0 Å². The topological polar surface area (TPSA) is 108 Å². The summed E-state index contributed by atoms with van der Waals surface area (Å²) in [5, 5.41) is 14.1. The molecular weight excluding hydrogens is 413 g/mol. The Morgan fingerprint density at radius 1 is 1.28 bits per heavy atom. The maximum atomic E-state index is 14.1. The molecule has 0 saturated heterocycles. The summed E-state index contributed by atoms with van der Waals surface area (Å²) in [5.74, 6) is 0.934. The Morgan fingerprint density at radius 3 is 2.81 bits per heavy atom. The van der Waals surface area contributed by atoms with E-state index in [1.807, 2.05) is 0 Å². The van der Waals surface area contributed by atoms with Gasteiger partial charge in [-0.25, -0.2) is 9.37 Å². The van der Waals surface area contributed by atoms with Crippen molar-refractivity contribution in [3.05, 3.63) is 47.5 Å². The lowest BCUT2D eigenvalue weighted by Gasteiger charge is -2.41. The van der Waals surface area contributed by atoms with Crippen molar-refractivity contribution in [3.63, 3.8) is 0 Å². The molecule has 0 amide bonds. The van der Waals surface area contributed by atoms with Crippen LogP contribution in [-0.2, 0) is 7.05 Å². The van der Waals surface area contributed by atoms with Gasteiger partial charge in [-0.05, 0) is 50.5 Å². The number of hydrogen-bond acceptors (Lipinski definition) is 7.